The maximum atomic E-state index is 2.50. The van der Waals surface area contributed by atoms with E-state index in [4.69, 9.17) is 0 Å². The van der Waals surface area contributed by atoms with E-state index in [9.17, 15) is 0 Å². The molecule has 18 aromatic rings. The first kappa shape index (κ1) is 68.9. The van der Waals surface area contributed by atoms with Crippen LogP contribution in [0.4, 0.5) is 51.2 Å². The summed E-state index contributed by atoms with van der Waals surface area (Å²) < 4.78 is 2.37. The Morgan fingerprint density at radius 3 is 1.21 bits per heavy atom. The van der Waals surface area contributed by atoms with E-state index in [-0.39, 0.29) is 5.41 Å². The van der Waals surface area contributed by atoms with Gasteiger partial charge in [-0.3, -0.25) is 0 Å². The quantitative estimate of drug-likeness (QED) is 0.0951. The summed E-state index contributed by atoms with van der Waals surface area (Å²) in [6, 6.07) is 154. The molecule has 0 aliphatic heterocycles. The van der Waals surface area contributed by atoms with Gasteiger partial charge in [-0.1, -0.05) is 324 Å². The molecule has 0 bridgehead atoms. The molecule has 0 spiro atoms. The lowest BCUT2D eigenvalue weighted by Gasteiger charge is -2.36. The SMILES string of the molecule is CC1(C)c2ccccc2-c2ccc(N(c3ccc(-c4ccccc4)cc3)c3ccc(-c4ccc5c(c4)c4ccccc4n5-c4ccccc4)cc3)cc21.C[Si](C)(C)c1ccc(N(c2ccccc2)c2ccc3c(c2)C(c2ccccc2)(c2ccccc2)c2cc(N(c4ccccc4)c4ccccc4)c4ccccc4c2-3)cc1. The van der Waals surface area contributed by atoms with E-state index in [0.29, 0.717) is 0 Å². The van der Waals surface area contributed by atoms with Crippen molar-refractivity contribution in [3.05, 3.63) is 452 Å². The maximum absolute atomic E-state index is 2.50. The van der Waals surface area contributed by atoms with Crippen molar-refractivity contribution in [1.82, 2.24) is 4.57 Å². The zero-order valence-electron chi connectivity index (χ0n) is 63.6. The van der Waals surface area contributed by atoms with E-state index in [1.807, 2.05) is 0 Å². The Bertz CT molecular complexity index is 6380. The first-order valence-electron chi connectivity index (χ1n) is 39.0. The van der Waals surface area contributed by atoms with Crippen LogP contribution in [0, 0.1) is 0 Å². The Morgan fingerprint density at radius 2 is 0.643 bits per heavy atom. The van der Waals surface area contributed by atoms with Crippen LogP contribution in [-0.2, 0) is 10.8 Å². The van der Waals surface area contributed by atoms with E-state index in [1.54, 1.807) is 0 Å². The fourth-order valence-electron chi connectivity index (χ4n) is 17.9. The number of benzene rings is 17. The van der Waals surface area contributed by atoms with Gasteiger partial charge < -0.3 is 19.3 Å². The minimum absolute atomic E-state index is 0.0864. The standard InChI is InChI=1S/C56H46N2Si.C51H38N2/c1-59(2,3)48-36-33-46(34-37-48)57(43-25-13-6-14-26-43)47-35-38-51-52(39-47)56(41-21-9-4-10-22-41,42-23-11-5-12-24-42)53-40-54(49-31-19-20-32-50(49)55(51)53)58(44-27-15-7-16-28-44)45-29-17-8-18-30-45;1-51(2)47-19-11-9-17-43(47)44-31-30-42(34-48(44)51)52(40-26-21-36(22-27-40)35-13-5-3-6-14-35)41-28-23-37(24-29-41)38-25-32-50-46(33-38)45-18-10-12-20-49(45)53(50)39-15-7-4-8-16-39/h4-40H,1-3H3;3-34H,1-2H3. The number of hydrogen-bond acceptors (Lipinski definition) is 3. The molecule has 0 saturated carbocycles. The normalized spacial score (nSPS) is 12.8. The van der Waals surface area contributed by atoms with Gasteiger partial charge in [0.1, 0.15) is 0 Å². The predicted octanol–water partition coefficient (Wildman–Crippen LogP) is 28.6. The summed E-state index contributed by atoms with van der Waals surface area (Å²) in [4.78, 5) is 7.25. The van der Waals surface area contributed by atoms with Gasteiger partial charge in [-0.2, -0.15) is 0 Å². The fraction of sp³-hybridized carbons (Fsp3) is 0.0654. The summed E-state index contributed by atoms with van der Waals surface area (Å²) >= 11 is 0. The van der Waals surface area contributed by atoms with Crippen LogP contribution >= 0.6 is 0 Å². The van der Waals surface area contributed by atoms with Crippen molar-refractivity contribution in [2.75, 3.05) is 14.7 Å². The van der Waals surface area contributed by atoms with Crippen molar-refractivity contribution in [3.8, 4) is 50.2 Å². The van der Waals surface area contributed by atoms with Crippen LogP contribution < -0.4 is 19.9 Å². The Hall–Kier alpha value is -13.6. The van der Waals surface area contributed by atoms with Crippen LogP contribution in [0.5, 0.6) is 0 Å². The molecule has 0 saturated heterocycles. The number of para-hydroxylation sites is 5. The number of fused-ring (bicyclic) bond motifs is 11. The van der Waals surface area contributed by atoms with E-state index < -0.39 is 13.5 Å². The van der Waals surface area contributed by atoms with Crippen molar-refractivity contribution in [2.45, 2.75) is 44.3 Å². The molecule has 0 amide bonds. The summed E-state index contributed by atoms with van der Waals surface area (Å²) in [5.41, 5.74) is 30.9. The van der Waals surface area contributed by atoms with Gasteiger partial charge in [-0.05, 0) is 217 Å². The summed E-state index contributed by atoms with van der Waals surface area (Å²) in [6.07, 6.45) is 0. The molecule has 112 heavy (non-hydrogen) atoms. The zero-order valence-corrected chi connectivity index (χ0v) is 64.6. The lowest BCUT2D eigenvalue weighted by atomic mass is 9.67. The highest BCUT2D eigenvalue weighted by atomic mass is 28.3. The Morgan fingerprint density at radius 1 is 0.250 bits per heavy atom. The first-order valence-corrected chi connectivity index (χ1v) is 42.5. The van der Waals surface area contributed by atoms with Crippen molar-refractivity contribution in [2.24, 2.45) is 0 Å². The summed E-state index contributed by atoms with van der Waals surface area (Å²) in [6.45, 7) is 11.9. The van der Waals surface area contributed by atoms with Crippen LogP contribution in [-0.4, -0.2) is 12.6 Å². The molecule has 1 aromatic heterocycles. The first-order chi connectivity index (χ1) is 55.0. The Balaban J connectivity index is 0.000000152. The van der Waals surface area contributed by atoms with Crippen LogP contribution in [0.15, 0.2) is 419 Å². The molecule has 4 nitrogen and oxygen atoms in total. The molecular formula is C107H84N4Si. The highest BCUT2D eigenvalue weighted by Gasteiger charge is 2.48. The van der Waals surface area contributed by atoms with Gasteiger partial charge in [0, 0.05) is 72.8 Å². The second-order valence-corrected chi connectivity index (χ2v) is 36.2. The number of rotatable bonds is 15. The van der Waals surface area contributed by atoms with Crippen molar-refractivity contribution in [1.29, 1.82) is 0 Å². The third kappa shape index (κ3) is 12.0. The number of anilines is 9. The van der Waals surface area contributed by atoms with Crippen molar-refractivity contribution >= 4 is 97.0 Å². The minimum Gasteiger partial charge on any atom is -0.310 e. The Labute approximate surface area is 658 Å². The second-order valence-electron chi connectivity index (χ2n) is 31.2. The molecule has 536 valence electrons. The molecule has 0 N–H and O–H groups in total. The van der Waals surface area contributed by atoms with Gasteiger partial charge in [0.2, 0.25) is 0 Å². The van der Waals surface area contributed by atoms with Crippen LogP contribution in [0.2, 0.25) is 19.6 Å². The van der Waals surface area contributed by atoms with Gasteiger partial charge in [-0.25, -0.2) is 0 Å². The molecule has 2 aliphatic carbocycles. The van der Waals surface area contributed by atoms with Gasteiger partial charge >= 0.3 is 0 Å². The second kappa shape index (κ2) is 28.4. The summed E-state index contributed by atoms with van der Waals surface area (Å²) in [7, 11) is -1.49. The van der Waals surface area contributed by atoms with Gasteiger partial charge in [-0.15, -0.1) is 0 Å². The van der Waals surface area contributed by atoms with Crippen LogP contribution in [0.25, 0.3) is 82.8 Å². The van der Waals surface area contributed by atoms with Crippen molar-refractivity contribution < 1.29 is 0 Å². The monoisotopic (exact) mass is 1450 g/mol. The number of aromatic nitrogens is 1. The third-order valence-corrected chi connectivity index (χ3v) is 25.3. The molecule has 0 atom stereocenters. The van der Waals surface area contributed by atoms with E-state index in [0.717, 1.165) is 51.2 Å². The molecule has 0 fully saturated rings. The van der Waals surface area contributed by atoms with E-state index in [1.165, 1.54) is 121 Å². The van der Waals surface area contributed by atoms with Crippen LogP contribution in [0.1, 0.15) is 47.2 Å². The summed E-state index contributed by atoms with van der Waals surface area (Å²) in [5.74, 6) is 0. The highest BCUT2D eigenvalue weighted by molar-refractivity contribution is 6.88. The predicted molar refractivity (Wildman–Crippen MR) is 477 cm³/mol. The molecule has 0 unspecified atom stereocenters. The maximum Gasteiger partial charge on any atom is 0.0775 e. The largest absolute Gasteiger partial charge is 0.310 e. The van der Waals surface area contributed by atoms with Gasteiger partial charge in [0.15, 0.2) is 0 Å². The molecule has 2 aliphatic rings. The van der Waals surface area contributed by atoms with Gasteiger partial charge in [0.05, 0.1) is 30.2 Å². The average molecular weight is 1450 g/mol. The van der Waals surface area contributed by atoms with E-state index >= 15 is 0 Å². The van der Waals surface area contributed by atoms with Crippen molar-refractivity contribution in [3.63, 3.8) is 0 Å². The Kier molecular flexibility index (Phi) is 17.5. The van der Waals surface area contributed by atoms with Gasteiger partial charge in [0.25, 0.3) is 0 Å². The lowest BCUT2D eigenvalue weighted by molar-refractivity contribution is 0.660. The molecule has 20 rings (SSSR count). The van der Waals surface area contributed by atoms with E-state index in [2.05, 4.69) is 471 Å². The minimum atomic E-state index is -1.49. The topological polar surface area (TPSA) is 14.7 Å². The molecule has 17 aromatic carbocycles. The summed E-state index contributed by atoms with van der Waals surface area (Å²) in [5, 5.41) is 6.42. The zero-order chi connectivity index (χ0) is 75.5. The molecule has 0 radical (unpaired) electrons. The highest BCUT2D eigenvalue weighted by Crippen LogP contribution is 2.61. The molecule has 1 heterocycles. The molecular weight excluding hydrogens is 1370 g/mol. The van der Waals surface area contributed by atoms with Crippen LogP contribution in [0.3, 0.4) is 0 Å². The molecule has 5 heteroatoms. The number of nitrogens with zero attached hydrogens (tertiary/aromatic N) is 4. The fourth-order valence-corrected chi connectivity index (χ4v) is 19.0. The lowest BCUT2D eigenvalue weighted by Crippen LogP contribution is -2.37. The third-order valence-electron chi connectivity index (χ3n) is 23.3. The number of hydrogen-bond donors (Lipinski definition) is 0. The smallest absolute Gasteiger partial charge is 0.0775 e. The average Bonchev–Trinajstić information content (AvgIpc) is 1.51.